The maximum Gasteiger partial charge on any atom is 0.283 e. The average Bonchev–Trinajstić information content (AvgIpc) is 3.28. The summed E-state index contributed by atoms with van der Waals surface area (Å²) in [5.41, 5.74) is 1.59. The Morgan fingerprint density at radius 2 is 1.86 bits per heavy atom. The Morgan fingerprint density at radius 1 is 1.11 bits per heavy atom. The Bertz CT molecular complexity index is 1570. The topological polar surface area (TPSA) is 143 Å². The SMILES string of the molecule is Cc1ccc(S(=O)(=O)N/N=C\c2ccc(Sc3n[nH]c(-c4ccc(Cl)cc4Cl)n3)c([N+](=O)[O-])c2)cc1. The number of benzene rings is 3. The smallest absolute Gasteiger partial charge is 0.258 e. The van der Waals surface area contributed by atoms with Crippen LogP contribution in [-0.2, 0) is 10.0 Å². The third kappa shape index (κ3) is 6.02. The van der Waals surface area contributed by atoms with Crippen molar-refractivity contribution in [3.63, 3.8) is 0 Å². The molecule has 0 aliphatic carbocycles. The Kier molecular flexibility index (Phi) is 7.59. The van der Waals surface area contributed by atoms with E-state index < -0.39 is 14.9 Å². The van der Waals surface area contributed by atoms with E-state index in [0.29, 0.717) is 27.0 Å². The van der Waals surface area contributed by atoms with E-state index in [1.165, 1.54) is 30.5 Å². The zero-order valence-electron chi connectivity index (χ0n) is 18.3. The molecule has 0 amide bonds. The van der Waals surface area contributed by atoms with Crippen LogP contribution in [0.2, 0.25) is 10.0 Å². The number of H-pyrrole nitrogens is 1. The fourth-order valence-corrected chi connectivity index (χ4v) is 5.06. The molecule has 1 aromatic heterocycles. The highest BCUT2D eigenvalue weighted by molar-refractivity contribution is 7.99. The van der Waals surface area contributed by atoms with Crippen LogP contribution < -0.4 is 4.83 Å². The highest BCUT2D eigenvalue weighted by atomic mass is 35.5. The fourth-order valence-electron chi connectivity index (χ4n) is 2.98. The number of aromatic amines is 1. The first-order chi connectivity index (χ1) is 17.1. The van der Waals surface area contributed by atoms with Gasteiger partial charge in [0.05, 0.1) is 26.0 Å². The molecule has 0 aliphatic rings. The number of hydrogen-bond acceptors (Lipinski definition) is 8. The van der Waals surface area contributed by atoms with Gasteiger partial charge in [0.15, 0.2) is 5.82 Å². The Labute approximate surface area is 220 Å². The lowest BCUT2D eigenvalue weighted by Crippen LogP contribution is -2.18. The van der Waals surface area contributed by atoms with Crippen LogP contribution in [0.3, 0.4) is 0 Å². The maximum absolute atomic E-state index is 12.3. The largest absolute Gasteiger partial charge is 0.283 e. The number of halogens is 2. The number of aryl methyl sites for hydroxylation is 1. The highest BCUT2D eigenvalue weighted by Gasteiger charge is 2.19. The lowest BCUT2D eigenvalue weighted by Gasteiger charge is -2.04. The van der Waals surface area contributed by atoms with Gasteiger partial charge in [-0.25, -0.2) is 9.82 Å². The van der Waals surface area contributed by atoms with Crippen molar-refractivity contribution in [3.05, 3.63) is 92.0 Å². The van der Waals surface area contributed by atoms with E-state index in [1.807, 2.05) is 6.92 Å². The van der Waals surface area contributed by atoms with Gasteiger partial charge < -0.3 is 0 Å². The first-order valence-electron chi connectivity index (χ1n) is 10.1. The summed E-state index contributed by atoms with van der Waals surface area (Å²) in [5.74, 6) is 0.381. The van der Waals surface area contributed by atoms with Gasteiger partial charge in [0.25, 0.3) is 15.7 Å². The summed E-state index contributed by atoms with van der Waals surface area (Å²) >= 11 is 13.1. The normalized spacial score (nSPS) is 11.6. The summed E-state index contributed by atoms with van der Waals surface area (Å²) in [6, 6.07) is 15.5. The number of hydrogen-bond donors (Lipinski definition) is 2. The van der Waals surface area contributed by atoms with Crippen molar-refractivity contribution in [1.29, 1.82) is 0 Å². The van der Waals surface area contributed by atoms with Crippen LogP contribution in [0, 0.1) is 17.0 Å². The molecule has 0 saturated heterocycles. The Balaban J connectivity index is 1.51. The van der Waals surface area contributed by atoms with Crippen molar-refractivity contribution in [3.8, 4) is 11.4 Å². The summed E-state index contributed by atoms with van der Waals surface area (Å²) < 4.78 is 24.7. The van der Waals surface area contributed by atoms with Gasteiger partial charge in [0, 0.05) is 22.2 Å². The molecule has 0 radical (unpaired) electrons. The molecule has 36 heavy (non-hydrogen) atoms. The minimum Gasteiger partial charge on any atom is -0.258 e. The van der Waals surface area contributed by atoms with Crippen molar-refractivity contribution in [2.24, 2.45) is 5.10 Å². The van der Waals surface area contributed by atoms with Crippen molar-refractivity contribution >= 4 is 56.9 Å². The van der Waals surface area contributed by atoms with Gasteiger partial charge in [-0.3, -0.25) is 15.2 Å². The molecular formula is C22H16Cl2N6O4S2. The number of aromatic nitrogens is 3. The quantitative estimate of drug-likeness (QED) is 0.165. The van der Waals surface area contributed by atoms with Crippen molar-refractivity contribution in [2.75, 3.05) is 0 Å². The predicted molar refractivity (Wildman–Crippen MR) is 138 cm³/mol. The lowest BCUT2D eigenvalue weighted by atomic mass is 10.2. The second-order valence-electron chi connectivity index (χ2n) is 7.34. The highest BCUT2D eigenvalue weighted by Crippen LogP contribution is 2.35. The van der Waals surface area contributed by atoms with Gasteiger partial charge in [-0.1, -0.05) is 47.0 Å². The predicted octanol–water partition coefficient (Wildman–Crippen LogP) is 5.46. The first kappa shape index (κ1) is 25.6. The van der Waals surface area contributed by atoms with Crippen molar-refractivity contribution in [1.82, 2.24) is 20.0 Å². The second-order valence-corrected chi connectivity index (χ2v) is 10.9. The number of nitro benzene ring substituents is 1. The van der Waals surface area contributed by atoms with Crippen LogP contribution in [0.4, 0.5) is 5.69 Å². The van der Waals surface area contributed by atoms with E-state index >= 15 is 0 Å². The first-order valence-corrected chi connectivity index (χ1v) is 13.1. The van der Waals surface area contributed by atoms with Crippen LogP contribution in [0.5, 0.6) is 0 Å². The van der Waals surface area contributed by atoms with E-state index in [1.54, 1.807) is 36.4 Å². The van der Waals surface area contributed by atoms with Gasteiger partial charge in [-0.2, -0.15) is 13.5 Å². The van der Waals surface area contributed by atoms with E-state index in [0.717, 1.165) is 17.3 Å². The molecule has 4 aromatic rings. The average molecular weight is 563 g/mol. The van der Waals surface area contributed by atoms with E-state index in [9.17, 15) is 18.5 Å². The van der Waals surface area contributed by atoms with Crippen LogP contribution in [-0.4, -0.2) is 34.7 Å². The van der Waals surface area contributed by atoms with Gasteiger partial charge in [-0.05, 0) is 55.1 Å². The van der Waals surface area contributed by atoms with E-state index in [2.05, 4.69) is 25.1 Å². The summed E-state index contributed by atoms with van der Waals surface area (Å²) in [7, 11) is -3.87. The molecule has 4 rings (SSSR count). The third-order valence-corrected chi connectivity index (χ3v) is 7.47. The second kappa shape index (κ2) is 10.7. The number of rotatable bonds is 8. The van der Waals surface area contributed by atoms with Crippen molar-refractivity contribution in [2.45, 2.75) is 21.9 Å². The molecule has 0 unspecified atom stereocenters. The Hall–Kier alpha value is -3.45. The molecule has 0 saturated carbocycles. The van der Waals surface area contributed by atoms with E-state index in [-0.39, 0.29) is 20.6 Å². The molecule has 1 heterocycles. The molecule has 3 aromatic carbocycles. The summed E-state index contributed by atoms with van der Waals surface area (Å²) in [6.45, 7) is 1.84. The molecule has 184 valence electrons. The zero-order chi connectivity index (χ0) is 25.9. The third-order valence-electron chi connectivity index (χ3n) is 4.75. The number of nitrogens with one attached hydrogen (secondary N) is 2. The molecule has 14 heteroatoms. The minimum atomic E-state index is -3.87. The Morgan fingerprint density at radius 3 is 2.56 bits per heavy atom. The molecule has 0 atom stereocenters. The van der Waals surface area contributed by atoms with Gasteiger partial charge >= 0.3 is 0 Å². The molecule has 0 spiro atoms. The minimum absolute atomic E-state index is 0.0498. The van der Waals surface area contributed by atoms with Gasteiger partial charge in [0.1, 0.15) is 0 Å². The maximum atomic E-state index is 12.3. The lowest BCUT2D eigenvalue weighted by molar-refractivity contribution is -0.387. The van der Waals surface area contributed by atoms with Crippen molar-refractivity contribution < 1.29 is 13.3 Å². The van der Waals surface area contributed by atoms with Crippen LogP contribution >= 0.6 is 35.0 Å². The summed E-state index contributed by atoms with van der Waals surface area (Å²) in [6.07, 6.45) is 1.18. The standard InChI is InChI=1S/C22H16Cl2N6O4S2/c1-13-2-6-16(7-3-13)36(33,34)29-25-12-14-4-9-20(19(10-14)30(31)32)35-22-26-21(27-28-22)17-8-5-15(23)11-18(17)24/h2-12,29H,1H3,(H,26,27,28)/b25-12-. The van der Waals surface area contributed by atoms with Crippen LogP contribution in [0.25, 0.3) is 11.4 Å². The summed E-state index contributed by atoms with van der Waals surface area (Å²) in [5, 5.41) is 23.3. The molecule has 2 N–H and O–H groups in total. The molecule has 0 aliphatic heterocycles. The zero-order valence-corrected chi connectivity index (χ0v) is 21.5. The molecule has 10 nitrogen and oxygen atoms in total. The monoisotopic (exact) mass is 562 g/mol. The number of nitrogens with zero attached hydrogens (tertiary/aromatic N) is 4. The van der Waals surface area contributed by atoms with E-state index in [4.69, 9.17) is 23.2 Å². The molecule has 0 bridgehead atoms. The van der Waals surface area contributed by atoms with Crippen LogP contribution in [0.15, 0.2) is 80.7 Å². The van der Waals surface area contributed by atoms with Gasteiger partial charge in [0.2, 0.25) is 5.16 Å². The fraction of sp³-hybridized carbons (Fsp3) is 0.0455. The number of sulfonamides is 1. The number of nitro groups is 1. The van der Waals surface area contributed by atoms with Gasteiger partial charge in [-0.15, -0.1) is 5.10 Å². The molecular weight excluding hydrogens is 547 g/mol. The number of hydrazone groups is 1. The molecule has 0 fully saturated rings. The van der Waals surface area contributed by atoms with Crippen LogP contribution in [0.1, 0.15) is 11.1 Å². The summed E-state index contributed by atoms with van der Waals surface area (Å²) in [4.78, 5) is 17.9.